The van der Waals surface area contributed by atoms with Crippen LogP contribution in [0.4, 0.5) is 10.5 Å². The van der Waals surface area contributed by atoms with Crippen LogP contribution in [0.15, 0.2) is 36.4 Å². The Morgan fingerprint density at radius 1 is 1.21 bits per heavy atom. The Labute approximate surface area is 146 Å². The summed E-state index contributed by atoms with van der Waals surface area (Å²) in [6.07, 6.45) is 5.98. The summed E-state index contributed by atoms with van der Waals surface area (Å²) in [4.78, 5) is 14.2. The second-order valence-corrected chi connectivity index (χ2v) is 7.01. The van der Waals surface area contributed by atoms with E-state index in [1.54, 1.807) is 12.0 Å². The third kappa shape index (κ3) is 7.07. The van der Waals surface area contributed by atoms with Crippen LogP contribution in [0.1, 0.15) is 47.5 Å². The van der Waals surface area contributed by atoms with Gasteiger partial charge in [0.1, 0.15) is 11.4 Å². The van der Waals surface area contributed by atoms with E-state index in [2.05, 4.69) is 19.9 Å². The summed E-state index contributed by atoms with van der Waals surface area (Å²) in [7, 11) is 1.62. The zero-order chi connectivity index (χ0) is 18.2. The number of carbonyl (C=O) groups is 1. The van der Waals surface area contributed by atoms with E-state index in [0.717, 1.165) is 24.3 Å². The second kappa shape index (κ2) is 9.36. The third-order valence-electron chi connectivity index (χ3n) is 3.69. The molecule has 0 heterocycles. The van der Waals surface area contributed by atoms with Crippen LogP contribution in [0.2, 0.25) is 0 Å². The van der Waals surface area contributed by atoms with E-state index in [0.29, 0.717) is 12.5 Å². The molecule has 1 aromatic rings. The van der Waals surface area contributed by atoms with Crippen LogP contribution in [0.3, 0.4) is 0 Å². The van der Waals surface area contributed by atoms with Gasteiger partial charge in [0.25, 0.3) is 0 Å². The lowest BCUT2D eigenvalue weighted by Gasteiger charge is -2.27. The Bertz CT molecular complexity index is 529. The van der Waals surface area contributed by atoms with Gasteiger partial charge in [-0.2, -0.15) is 0 Å². The van der Waals surface area contributed by atoms with Crippen LogP contribution in [-0.2, 0) is 4.74 Å². The molecule has 0 aliphatic rings. The smallest absolute Gasteiger partial charge is 0.415 e. The number of methoxy groups -OCH3 is 1. The zero-order valence-corrected chi connectivity index (χ0v) is 15.8. The van der Waals surface area contributed by atoms with Crippen LogP contribution in [0, 0.1) is 5.92 Å². The number of hydrogen-bond acceptors (Lipinski definition) is 3. The molecule has 1 rings (SSSR count). The molecule has 0 aliphatic heterocycles. The minimum atomic E-state index is -0.526. The fourth-order valence-electron chi connectivity index (χ4n) is 2.04. The van der Waals surface area contributed by atoms with Gasteiger partial charge in [0.2, 0.25) is 0 Å². The molecule has 0 spiro atoms. The number of hydrogen-bond donors (Lipinski definition) is 0. The van der Waals surface area contributed by atoms with E-state index in [9.17, 15) is 4.79 Å². The molecule has 0 bridgehead atoms. The number of amides is 1. The number of benzene rings is 1. The first-order chi connectivity index (χ1) is 11.3. The first-order valence-electron chi connectivity index (χ1n) is 8.56. The summed E-state index contributed by atoms with van der Waals surface area (Å²) < 4.78 is 10.7. The number of ether oxygens (including phenoxy) is 2. The normalized spacial score (nSPS) is 12.9. The van der Waals surface area contributed by atoms with Crippen molar-refractivity contribution in [1.29, 1.82) is 0 Å². The molecule has 0 saturated heterocycles. The highest BCUT2D eigenvalue weighted by atomic mass is 16.6. The average molecular weight is 333 g/mol. The maximum absolute atomic E-state index is 12.5. The minimum absolute atomic E-state index is 0.346. The number of allylic oxidation sites excluding steroid dienone is 1. The molecule has 1 atom stereocenters. The summed E-state index contributed by atoms with van der Waals surface area (Å²) in [5.74, 6) is 1.41. The monoisotopic (exact) mass is 333 g/mol. The Morgan fingerprint density at radius 2 is 1.83 bits per heavy atom. The standard InChI is InChI=1S/C20H31NO3/c1-7-16(2)10-8-9-15-21(19(22)24-20(3,4)5)17-11-13-18(23-6)14-12-17/h8-9,11-14,16H,7,10,15H2,1-6H3/b9-8+/t16-/m0/s1. The van der Waals surface area contributed by atoms with Crippen molar-refractivity contribution in [2.75, 3.05) is 18.6 Å². The van der Waals surface area contributed by atoms with Crippen molar-refractivity contribution in [2.45, 2.75) is 53.1 Å². The van der Waals surface area contributed by atoms with Crippen molar-refractivity contribution in [3.63, 3.8) is 0 Å². The maximum atomic E-state index is 12.5. The predicted octanol–water partition coefficient (Wildman–Crippen LogP) is 5.43. The van der Waals surface area contributed by atoms with Crippen LogP contribution >= 0.6 is 0 Å². The zero-order valence-electron chi connectivity index (χ0n) is 15.8. The van der Waals surface area contributed by atoms with Gasteiger partial charge in [-0.1, -0.05) is 32.4 Å². The first kappa shape index (κ1) is 20.1. The molecule has 134 valence electrons. The van der Waals surface area contributed by atoms with Crippen molar-refractivity contribution in [2.24, 2.45) is 5.92 Å². The molecule has 0 fully saturated rings. The molecule has 24 heavy (non-hydrogen) atoms. The molecule has 0 aliphatic carbocycles. The highest BCUT2D eigenvalue weighted by Gasteiger charge is 2.22. The number of anilines is 1. The van der Waals surface area contributed by atoms with E-state index in [1.807, 2.05) is 51.1 Å². The van der Waals surface area contributed by atoms with Gasteiger partial charge in [-0.3, -0.25) is 4.90 Å². The Balaban J connectivity index is 2.87. The summed E-state index contributed by atoms with van der Waals surface area (Å²) in [5.41, 5.74) is 0.264. The quantitative estimate of drug-likeness (QED) is 0.625. The largest absolute Gasteiger partial charge is 0.497 e. The lowest BCUT2D eigenvalue weighted by molar-refractivity contribution is 0.0584. The van der Waals surface area contributed by atoms with Gasteiger partial charge in [-0.25, -0.2) is 4.79 Å². The summed E-state index contributed by atoms with van der Waals surface area (Å²) in [5, 5.41) is 0. The van der Waals surface area contributed by atoms with Crippen molar-refractivity contribution in [3.8, 4) is 5.75 Å². The first-order valence-corrected chi connectivity index (χ1v) is 8.56. The molecular weight excluding hydrogens is 302 g/mol. The fourth-order valence-corrected chi connectivity index (χ4v) is 2.04. The minimum Gasteiger partial charge on any atom is -0.497 e. The van der Waals surface area contributed by atoms with Gasteiger partial charge >= 0.3 is 6.09 Å². The van der Waals surface area contributed by atoms with Crippen LogP contribution in [0.5, 0.6) is 5.75 Å². The van der Waals surface area contributed by atoms with E-state index in [4.69, 9.17) is 9.47 Å². The average Bonchev–Trinajstić information content (AvgIpc) is 2.53. The SMILES string of the molecule is CC[C@H](C)C/C=C/CN(C(=O)OC(C)(C)C)c1ccc(OC)cc1. The third-order valence-corrected chi connectivity index (χ3v) is 3.69. The van der Waals surface area contributed by atoms with Crippen molar-refractivity contribution >= 4 is 11.8 Å². The lowest BCUT2D eigenvalue weighted by atomic mass is 10.1. The van der Waals surface area contributed by atoms with Crippen LogP contribution in [0.25, 0.3) is 0 Å². The van der Waals surface area contributed by atoms with Crippen molar-refractivity contribution < 1.29 is 14.3 Å². The molecule has 1 aromatic carbocycles. The Hall–Kier alpha value is -1.97. The lowest BCUT2D eigenvalue weighted by Crippen LogP contribution is -2.37. The molecule has 4 heteroatoms. The number of rotatable bonds is 7. The molecule has 0 aromatic heterocycles. The van der Waals surface area contributed by atoms with Crippen molar-refractivity contribution in [3.05, 3.63) is 36.4 Å². The molecule has 0 unspecified atom stereocenters. The van der Waals surface area contributed by atoms with Gasteiger partial charge in [-0.05, 0) is 57.4 Å². The van der Waals surface area contributed by atoms with E-state index in [-0.39, 0.29) is 6.09 Å². The molecule has 1 amide bonds. The van der Waals surface area contributed by atoms with Gasteiger partial charge in [0.15, 0.2) is 0 Å². The maximum Gasteiger partial charge on any atom is 0.415 e. The van der Waals surface area contributed by atoms with Crippen LogP contribution < -0.4 is 9.64 Å². The topological polar surface area (TPSA) is 38.8 Å². The van der Waals surface area contributed by atoms with Gasteiger partial charge in [0.05, 0.1) is 7.11 Å². The molecule has 4 nitrogen and oxygen atoms in total. The predicted molar refractivity (Wildman–Crippen MR) is 99.8 cm³/mol. The number of nitrogens with zero attached hydrogens (tertiary/aromatic N) is 1. The highest BCUT2D eigenvalue weighted by molar-refractivity contribution is 5.88. The summed E-state index contributed by atoms with van der Waals surface area (Å²) >= 11 is 0. The second-order valence-electron chi connectivity index (χ2n) is 7.01. The Morgan fingerprint density at radius 3 is 2.33 bits per heavy atom. The molecular formula is C20H31NO3. The summed E-state index contributed by atoms with van der Waals surface area (Å²) in [6, 6.07) is 7.42. The van der Waals surface area contributed by atoms with E-state index in [1.165, 1.54) is 0 Å². The fraction of sp³-hybridized carbons (Fsp3) is 0.550. The number of carbonyl (C=O) groups excluding carboxylic acids is 1. The molecule has 0 N–H and O–H groups in total. The van der Waals surface area contributed by atoms with Crippen molar-refractivity contribution in [1.82, 2.24) is 0 Å². The van der Waals surface area contributed by atoms with Gasteiger partial charge in [0, 0.05) is 12.2 Å². The van der Waals surface area contributed by atoms with Crippen LogP contribution in [-0.4, -0.2) is 25.3 Å². The molecule has 0 saturated carbocycles. The Kier molecular flexibility index (Phi) is 7.83. The highest BCUT2D eigenvalue weighted by Crippen LogP contribution is 2.22. The summed E-state index contributed by atoms with van der Waals surface area (Å²) in [6.45, 7) is 10.5. The van der Waals surface area contributed by atoms with Gasteiger partial charge < -0.3 is 9.47 Å². The van der Waals surface area contributed by atoms with Gasteiger partial charge in [-0.15, -0.1) is 0 Å². The van der Waals surface area contributed by atoms with E-state index >= 15 is 0 Å². The van der Waals surface area contributed by atoms with E-state index < -0.39 is 5.60 Å². The molecule has 0 radical (unpaired) electrons.